The minimum atomic E-state index is -4.27. The lowest BCUT2D eigenvalue weighted by Crippen LogP contribution is -2.37. The van der Waals surface area contributed by atoms with Crippen molar-refractivity contribution in [1.29, 1.82) is 0 Å². The van der Waals surface area contributed by atoms with Crippen LogP contribution in [0.1, 0.15) is 29.2 Å². The second-order valence-electron chi connectivity index (χ2n) is 5.92. The molecule has 0 aromatic heterocycles. The van der Waals surface area contributed by atoms with E-state index in [1.807, 2.05) is 6.07 Å². The maximum atomic E-state index is 12.6. The highest BCUT2D eigenvalue weighted by atomic mass is 19.4. The first kappa shape index (κ1) is 15.1. The number of fused-ring (bicyclic) bond motifs is 1. The van der Waals surface area contributed by atoms with Gasteiger partial charge in [0.25, 0.3) is 0 Å². The van der Waals surface area contributed by atoms with Crippen molar-refractivity contribution >= 4 is 0 Å². The fraction of sp³-hybridized carbons (Fsp3) is 0.333. The molecule has 2 aromatic rings. The van der Waals surface area contributed by atoms with E-state index < -0.39 is 11.7 Å². The molecular formula is C18H18F3N. The van der Waals surface area contributed by atoms with Gasteiger partial charge >= 0.3 is 6.18 Å². The molecule has 4 heteroatoms. The summed E-state index contributed by atoms with van der Waals surface area (Å²) in [7, 11) is 0. The van der Waals surface area contributed by atoms with Crippen LogP contribution >= 0.6 is 0 Å². The first-order valence-corrected chi connectivity index (χ1v) is 7.40. The van der Waals surface area contributed by atoms with E-state index in [9.17, 15) is 13.2 Å². The zero-order valence-electron chi connectivity index (χ0n) is 12.4. The average molecular weight is 305 g/mol. The summed E-state index contributed by atoms with van der Waals surface area (Å²) in [5.41, 5.74) is 3.01. The molecule has 0 fully saturated rings. The third-order valence-corrected chi connectivity index (χ3v) is 4.30. The summed E-state index contributed by atoms with van der Waals surface area (Å²) in [5, 5.41) is 0. The molecule has 0 aliphatic carbocycles. The number of alkyl halides is 3. The Morgan fingerprint density at radius 1 is 1.00 bits per heavy atom. The number of hydrogen-bond donors (Lipinski definition) is 0. The Bertz CT molecular complexity index is 646. The molecule has 1 aliphatic heterocycles. The predicted octanol–water partition coefficient (Wildman–Crippen LogP) is 4.65. The second kappa shape index (κ2) is 5.76. The Morgan fingerprint density at radius 3 is 2.27 bits per heavy atom. The molecule has 0 saturated heterocycles. The van der Waals surface area contributed by atoms with Crippen molar-refractivity contribution in [2.45, 2.75) is 38.7 Å². The molecule has 1 nitrogen and oxygen atoms in total. The highest BCUT2D eigenvalue weighted by Gasteiger charge is 2.30. The van der Waals surface area contributed by atoms with Crippen LogP contribution in [0.2, 0.25) is 0 Å². The van der Waals surface area contributed by atoms with Gasteiger partial charge in [-0.1, -0.05) is 36.4 Å². The number of rotatable bonds is 2. The van der Waals surface area contributed by atoms with Crippen molar-refractivity contribution in [3.8, 4) is 0 Å². The van der Waals surface area contributed by atoms with E-state index in [1.165, 1.54) is 11.1 Å². The zero-order chi connectivity index (χ0) is 15.7. The van der Waals surface area contributed by atoms with Gasteiger partial charge in [0, 0.05) is 19.1 Å². The van der Waals surface area contributed by atoms with Crippen molar-refractivity contribution in [3.63, 3.8) is 0 Å². The van der Waals surface area contributed by atoms with E-state index in [0.29, 0.717) is 12.6 Å². The van der Waals surface area contributed by atoms with Gasteiger partial charge in [0.05, 0.1) is 5.56 Å². The van der Waals surface area contributed by atoms with Gasteiger partial charge < -0.3 is 0 Å². The van der Waals surface area contributed by atoms with E-state index in [4.69, 9.17) is 0 Å². The number of hydrogen-bond acceptors (Lipinski definition) is 1. The largest absolute Gasteiger partial charge is 0.416 e. The molecule has 0 amide bonds. The maximum absolute atomic E-state index is 12.6. The molecule has 1 atom stereocenters. The molecule has 3 rings (SSSR count). The summed E-state index contributed by atoms with van der Waals surface area (Å²) in [5.74, 6) is 0. The van der Waals surface area contributed by atoms with Crippen LogP contribution in [-0.2, 0) is 25.7 Å². The first-order valence-electron chi connectivity index (χ1n) is 7.40. The molecule has 22 heavy (non-hydrogen) atoms. The van der Waals surface area contributed by atoms with Gasteiger partial charge in [0.2, 0.25) is 0 Å². The van der Waals surface area contributed by atoms with E-state index in [-0.39, 0.29) is 0 Å². The van der Waals surface area contributed by atoms with Crippen molar-refractivity contribution in [3.05, 3.63) is 70.8 Å². The smallest absolute Gasteiger partial charge is 0.292 e. The van der Waals surface area contributed by atoms with Crippen LogP contribution in [0.5, 0.6) is 0 Å². The van der Waals surface area contributed by atoms with E-state index in [1.54, 1.807) is 12.1 Å². The summed E-state index contributed by atoms with van der Waals surface area (Å²) in [6, 6.07) is 14.2. The Labute approximate surface area is 128 Å². The molecule has 1 unspecified atom stereocenters. The highest BCUT2D eigenvalue weighted by Crippen LogP contribution is 2.30. The standard InChI is InChI=1S/C18H18F3N/c1-13-10-15-4-2-3-5-16(15)12-22(13)11-14-6-8-17(9-7-14)18(19,20)21/h2-9,13H,10-12H2,1H3. The van der Waals surface area contributed by atoms with Gasteiger partial charge in [-0.05, 0) is 42.2 Å². The van der Waals surface area contributed by atoms with Gasteiger partial charge in [-0.25, -0.2) is 0 Å². The zero-order valence-corrected chi connectivity index (χ0v) is 12.4. The Balaban J connectivity index is 1.74. The molecule has 0 bridgehead atoms. The molecule has 1 aliphatic rings. The van der Waals surface area contributed by atoms with Gasteiger partial charge in [0.1, 0.15) is 0 Å². The summed E-state index contributed by atoms with van der Waals surface area (Å²) in [4.78, 5) is 2.31. The number of benzene rings is 2. The topological polar surface area (TPSA) is 3.24 Å². The monoisotopic (exact) mass is 305 g/mol. The minimum absolute atomic E-state index is 0.386. The van der Waals surface area contributed by atoms with Crippen LogP contribution in [0.25, 0.3) is 0 Å². The quantitative estimate of drug-likeness (QED) is 0.780. The predicted molar refractivity (Wildman–Crippen MR) is 80.3 cm³/mol. The van der Waals surface area contributed by atoms with Crippen LogP contribution in [-0.4, -0.2) is 10.9 Å². The van der Waals surface area contributed by atoms with Gasteiger partial charge in [0.15, 0.2) is 0 Å². The molecule has 0 radical (unpaired) electrons. The van der Waals surface area contributed by atoms with Crippen molar-refractivity contribution < 1.29 is 13.2 Å². The van der Waals surface area contributed by atoms with Gasteiger partial charge in [-0.2, -0.15) is 13.2 Å². The highest BCUT2D eigenvalue weighted by molar-refractivity contribution is 5.30. The summed E-state index contributed by atoms with van der Waals surface area (Å²) < 4.78 is 37.8. The number of nitrogens with zero attached hydrogens (tertiary/aromatic N) is 1. The molecule has 2 aromatic carbocycles. The molecule has 0 spiro atoms. The fourth-order valence-corrected chi connectivity index (χ4v) is 2.98. The third-order valence-electron chi connectivity index (χ3n) is 4.30. The summed E-state index contributed by atoms with van der Waals surface area (Å²) in [6.07, 6.45) is -3.29. The van der Waals surface area contributed by atoms with Gasteiger partial charge in [-0.3, -0.25) is 4.90 Å². The first-order chi connectivity index (χ1) is 10.4. The molecule has 0 N–H and O–H groups in total. The fourth-order valence-electron chi connectivity index (χ4n) is 2.98. The van der Waals surface area contributed by atoms with Crippen molar-refractivity contribution in [1.82, 2.24) is 4.90 Å². The Hall–Kier alpha value is -1.81. The maximum Gasteiger partial charge on any atom is 0.416 e. The normalized spacial score (nSPS) is 19.0. The number of halogens is 3. The molecule has 116 valence electrons. The third kappa shape index (κ3) is 3.17. The summed E-state index contributed by atoms with van der Waals surface area (Å²) >= 11 is 0. The van der Waals surface area contributed by atoms with Crippen LogP contribution in [0.4, 0.5) is 13.2 Å². The van der Waals surface area contributed by atoms with Crippen LogP contribution in [0.15, 0.2) is 48.5 Å². The molecule has 1 heterocycles. The van der Waals surface area contributed by atoms with E-state index in [0.717, 1.165) is 30.7 Å². The summed E-state index contributed by atoms with van der Waals surface area (Å²) in [6.45, 7) is 3.69. The second-order valence-corrected chi connectivity index (χ2v) is 5.92. The lowest BCUT2D eigenvalue weighted by Gasteiger charge is -2.35. The SMILES string of the molecule is CC1Cc2ccccc2CN1Cc1ccc(C(F)(F)F)cc1. The lowest BCUT2D eigenvalue weighted by molar-refractivity contribution is -0.137. The Morgan fingerprint density at radius 2 is 1.64 bits per heavy atom. The van der Waals surface area contributed by atoms with E-state index in [2.05, 4.69) is 30.0 Å². The van der Waals surface area contributed by atoms with Crippen LogP contribution in [0, 0.1) is 0 Å². The van der Waals surface area contributed by atoms with Crippen LogP contribution < -0.4 is 0 Å². The minimum Gasteiger partial charge on any atom is -0.292 e. The average Bonchev–Trinajstić information content (AvgIpc) is 2.48. The van der Waals surface area contributed by atoms with Gasteiger partial charge in [-0.15, -0.1) is 0 Å². The Kier molecular flexibility index (Phi) is 3.96. The van der Waals surface area contributed by atoms with E-state index >= 15 is 0 Å². The van der Waals surface area contributed by atoms with Crippen molar-refractivity contribution in [2.24, 2.45) is 0 Å². The van der Waals surface area contributed by atoms with Crippen molar-refractivity contribution in [2.75, 3.05) is 0 Å². The van der Waals surface area contributed by atoms with Crippen LogP contribution in [0.3, 0.4) is 0 Å². The molecule has 0 saturated carbocycles. The molecular weight excluding hydrogens is 287 g/mol. The lowest BCUT2D eigenvalue weighted by atomic mass is 9.94.